The molecule has 5 saturated carbocycles. The van der Waals surface area contributed by atoms with E-state index in [1.165, 1.54) is 12.8 Å². The molecule has 7 heteroatoms. The second-order valence-electron chi connectivity index (χ2n) is 8.73. The Kier molecular flexibility index (Phi) is 3.46. The van der Waals surface area contributed by atoms with Gasteiger partial charge in [0.25, 0.3) is 10.0 Å². The van der Waals surface area contributed by atoms with Crippen molar-refractivity contribution in [2.45, 2.75) is 49.0 Å². The molecule has 2 N–H and O–H groups in total. The molecule has 6 rings (SSSR count). The van der Waals surface area contributed by atoms with Crippen LogP contribution in [0.3, 0.4) is 0 Å². The first kappa shape index (κ1) is 16.5. The molecule has 140 valence electrons. The van der Waals surface area contributed by atoms with Crippen molar-refractivity contribution in [3.8, 4) is 0 Å². The van der Waals surface area contributed by atoms with Crippen LogP contribution in [-0.2, 0) is 10.0 Å². The molecule has 5 aliphatic rings. The summed E-state index contributed by atoms with van der Waals surface area (Å²) in [6, 6.07) is 3.80. The lowest BCUT2D eigenvalue weighted by atomic mass is 9.62. The van der Waals surface area contributed by atoms with Gasteiger partial charge in [-0.1, -0.05) is 0 Å². The first-order valence-corrected chi connectivity index (χ1v) is 10.9. The number of halogens is 1. The highest BCUT2D eigenvalue weighted by Crippen LogP contribution is 2.67. The maximum Gasteiger partial charge on any atom is 0.329 e. The van der Waals surface area contributed by atoms with E-state index >= 15 is 0 Å². The summed E-state index contributed by atoms with van der Waals surface area (Å²) in [5.74, 6) is 3.42. The third-order valence-corrected chi connectivity index (χ3v) is 8.74. The van der Waals surface area contributed by atoms with Crippen molar-refractivity contribution in [1.29, 1.82) is 0 Å². The molecule has 4 bridgehead atoms. The van der Waals surface area contributed by atoms with Gasteiger partial charge < -0.3 is 5.32 Å². The zero-order valence-electron chi connectivity index (χ0n) is 14.4. The lowest BCUT2D eigenvalue weighted by Gasteiger charge is -2.46. The molecule has 6 unspecified atom stereocenters. The van der Waals surface area contributed by atoms with E-state index in [0.29, 0.717) is 11.8 Å². The van der Waals surface area contributed by atoms with Crippen LogP contribution in [0.25, 0.3) is 0 Å². The number of fused-ring (bicyclic) bond motifs is 1. The Morgan fingerprint density at radius 2 is 1.77 bits per heavy atom. The van der Waals surface area contributed by atoms with E-state index in [9.17, 15) is 17.6 Å². The van der Waals surface area contributed by atoms with Gasteiger partial charge in [0.2, 0.25) is 0 Å². The predicted molar refractivity (Wildman–Crippen MR) is 93.1 cm³/mol. The van der Waals surface area contributed by atoms with Gasteiger partial charge in [0.15, 0.2) is 0 Å². The number of carbonyl (C=O) groups is 1. The zero-order chi connectivity index (χ0) is 18.1. The van der Waals surface area contributed by atoms with E-state index in [-0.39, 0.29) is 10.4 Å². The van der Waals surface area contributed by atoms with Gasteiger partial charge in [-0.2, -0.15) is 0 Å². The SMILES string of the molecule is O=C(NC12CCC3C(CC4CC(C1)C43)C2)NS(=O)(=O)c1ccc(F)cc1. The fraction of sp³-hybridized carbons (Fsp3) is 0.632. The molecule has 0 heterocycles. The molecule has 0 aliphatic heterocycles. The van der Waals surface area contributed by atoms with Crippen LogP contribution in [-0.4, -0.2) is 20.0 Å². The van der Waals surface area contributed by atoms with Crippen molar-refractivity contribution in [3.05, 3.63) is 30.1 Å². The largest absolute Gasteiger partial charge is 0.332 e. The van der Waals surface area contributed by atoms with Gasteiger partial charge in [0.1, 0.15) is 5.82 Å². The lowest BCUT2D eigenvalue weighted by Crippen LogP contribution is -2.56. The highest BCUT2D eigenvalue weighted by atomic mass is 32.2. The number of sulfonamides is 1. The minimum absolute atomic E-state index is 0.114. The molecule has 0 saturated heterocycles. The van der Waals surface area contributed by atoms with E-state index in [1.54, 1.807) is 0 Å². The van der Waals surface area contributed by atoms with Crippen LogP contribution in [0.1, 0.15) is 38.5 Å². The Morgan fingerprint density at radius 1 is 1.08 bits per heavy atom. The van der Waals surface area contributed by atoms with Crippen molar-refractivity contribution in [3.63, 3.8) is 0 Å². The Balaban J connectivity index is 1.32. The molecule has 2 amide bonds. The number of urea groups is 1. The van der Waals surface area contributed by atoms with Crippen LogP contribution >= 0.6 is 0 Å². The van der Waals surface area contributed by atoms with Gasteiger partial charge in [-0.05, 0) is 92.4 Å². The average Bonchev–Trinajstić information content (AvgIpc) is 2.70. The van der Waals surface area contributed by atoms with E-state index in [4.69, 9.17) is 0 Å². The maximum atomic E-state index is 13.0. The quantitative estimate of drug-likeness (QED) is 0.849. The topological polar surface area (TPSA) is 75.3 Å². The van der Waals surface area contributed by atoms with Gasteiger partial charge in [0, 0.05) is 5.54 Å². The Labute approximate surface area is 152 Å². The predicted octanol–water partition coefficient (Wildman–Crippen LogP) is 3.03. The van der Waals surface area contributed by atoms with Crippen molar-refractivity contribution in [2.24, 2.45) is 29.6 Å². The summed E-state index contributed by atoms with van der Waals surface area (Å²) >= 11 is 0. The lowest BCUT2D eigenvalue weighted by molar-refractivity contribution is 0.0608. The molecular formula is C19H23FN2O3S. The van der Waals surface area contributed by atoms with Crippen LogP contribution in [0.15, 0.2) is 29.2 Å². The second kappa shape index (κ2) is 5.44. The summed E-state index contributed by atoms with van der Waals surface area (Å²) in [7, 11) is -4.00. The van der Waals surface area contributed by atoms with Gasteiger partial charge in [-0.3, -0.25) is 0 Å². The summed E-state index contributed by atoms with van der Waals surface area (Å²) in [5, 5.41) is 3.03. The maximum absolute atomic E-state index is 13.0. The Bertz CT molecular complexity index is 852. The first-order valence-electron chi connectivity index (χ1n) is 9.46. The third kappa shape index (κ3) is 2.47. The number of amides is 2. The number of benzene rings is 1. The van der Waals surface area contributed by atoms with Crippen molar-refractivity contribution >= 4 is 16.1 Å². The number of hydrogen-bond acceptors (Lipinski definition) is 3. The average molecular weight is 378 g/mol. The fourth-order valence-corrected chi connectivity index (χ4v) is 7.47. The number of rotatable bonds is 3. The molecule has 0 aromatic heterocycles. The summed E-state index contributed by atoms with van der Waals surface area (Å²) in [4.78, 5) is 12.4. The smallest absolute Gasteiger partial charge is 0.329 e. The summed E-state index contributed by atoms with van der Waals surface area (Å²) in [6.07, 6.45) is 6.60. The molecule has 5 fully saturated rings. The Morgan fingerprint density at radius 3 is 2.54 bits per heavy atom. The number of carbonyl (C=O) groups excluding carboxylic acids is 1. The van der Waals surface area contributed by atoms with Gasteiger partial charge in [-0.25, -0.2) is 22.3 Å². The van der Waals surface area contributed by atoms with Crippen molar-refractivity contribution < 1.29 is 17.6 Å². The van der Waals surface area contributed by atoms with Crippen LogP contribution in [0, 0.1) is 35.4 Å². The standard InChI is InChI=1S/C19H23FN2O3S/c20-14-1-3-15(4-2-14)26(24,25)22-18(23)21-19-6-5-16-12(9-19)7-11-8-13(10-19)17(11)16/h1-4,11-13,16-17H,5-10H2,(H2,21,22,23). The molecule has 26 heavy (non-hydrogen) atoms. The third-order valence-electron chi connectivity index (χ3n) is 7.39. The minimum atomic E-state index is -4.00. The monoisotopic (exact) mass is 378 g/mol. The fourth-order valence-electron chi connectivity index (χ4n) is 6.56. The normalized spacial score (nSPS) is 39.8. The van der Waals surface area contributed by atoms with Crippen LogP contribution in [0.2, 0.25) is 0 Å². The van der Waals surface area contributed by atoms with E-state index in [1.807, 2.05) is 0 Å². The molecule has 5 aliphatic carbocycles. The first-order chi connectivity index (χ1) is 12.4. The van der Waals surface area contributed by atoms with Crippen LogP contribution < -0.4 is 10.0 Å². The highest BCUT2D eigenvalue weighted by molar-refractivity contribution is 7.90. The molecule has 5 nitrogen and oxygen atoms in total. The highest BCUT2D eigenvalue weighted by Gasteiger charge is 2.62. The molecule has 0 spiro atoms. The summed E-state index contributed by atoms with van der Waals surface area (Å²) < 4.78 is 39.9. The van der Waals surface area contributed by atoms with E-state index in [0.717, 1.165) is 67.7 Å². The van der Waals surface area contributed by atoms with Crippen molar-refractivity contribution in [1.82, 2.24) is 10.0 Å². The molecule has 1 aromatic rings. The van der Waals surface area contributed by atoms with Crippen molar-refractivity contribution in [2.75, 3.05) is 0 Å². The molecule has 0 radical (unpaired) electrons. The van der Waals surface area contributed by atoms with E-state index < -0.39 is 21.9 Å². The summed E-state index contributed by atoms with van der Waals surface area (Å²) in [6.45, 7) is 0. The molecule has 6 atom stereocenters. The Hall–Kier alpha value is -1.63. The minimum Gasteiger partial charge on any atom is -0.332 e. The molecule has 1 aromatic carbocycles. The van der Waals surface area contributed by atoms with Crippen LogP contribution in [0.4, 0.5) is 9.18 Å². The summed E-state index contributed by atoms with van der Waals surface area (Å²) in [5.41, 5.74) is -0.269. The second-order valence-corrected chi connectivity index (χ2v) is 10.4. The van der Waals surface area contributed by atoms with Crippen LogP contribution in [0.5, 0.6) is 0 Å². The van der Waals surface area contributed by atoms with Gasteiger partial charge in [-0.15, -0.1) is 0 Å². The number of hydrogen-bond donors (Lipinski definition) is 2. The zero-order valence-corrected chi connectivity index (χ0v) is 15.3. The number of nitrogens with one attached hydrogen (secondary N) is 2. The van der Waals surface area contributed by atoms with Gasteiger partial charge in [0.05, 0.1) is 4.90 Å². The van der Waals surface area contributed by atoms with Gasteiger partial charge >= 0.3 is 6.03 Å². The molecular weight excluding hydrogens is 355 g/mol. The van der Waals surface area contributed by atoms with E-state index in [2.05, 4.69) is 10.0 Å².